The van der Waals surface area contributed by atoms with Crippen LogP contribution in [0.3, 0.4) is 0 Å². The second-order valence-corrected chi connectivity index (χ2v) is 12.9. The SMILES string of the molecule is COc1ccc(-c2sc(NCC3CCCCC3)nc2C)cc1S(=O)(=O)NC1CCN(C(C)C)CC1. The predicted molar refractivity (Wildman–Crippen MR) is 144 cm³/mol. The molecule has 1 aliphatic carbocycles. The monoisotopic (exact) mass is 520 g/mol. The number of methoxy groups -OCH3 is 1. The van der Waals surface area contributed by atoms with Gasteiger partial charge in [0.05, 0.1) is 17.7 Å². The van der Waals surface area contributed by atoms with Gasteiger partial charge in [0, 0.05) is 18.6 Å². The first kappa shape index (κ1) is 26.4. The van der Waals surface area contributed by atoms with Crippen molar-refractivity contribution in [3.63, 3.8) is 0 Å². The highest BCUT2D eigenvalue weighted by atomic mass is 32.2. The highest BCUT2D eigenvalue weighted by molar-refractivity contribution is 7.89. The fourth-order valence-corrected chi connectivity index (χ4v) is 7.68. The van der Waals surface area contributed by atoms with E-state index in [0.29, 0.717) is 17.7 Å². The first-order valence-corrected chi connectivity index (χ1v) is 15.2. The summed E-state index contributed by atoms with van der Waals surface area (Å²) in [4.78, 5) is 8.29. The summed E-state index contributed by atoms with van der Waals surface area (Å²) in [5.74, 6) is 1.08. The zero-order valence-corrected chi connectivity index (χ0v) is 23.1. The molecule has 4 rings (SSSR count). The molecule has 1 aliphatic heterocycles. The molecule has 0 unspecified atom stereocenters. The average molecular weight is 521 g/mol. The van der Waals surface area contributed by atoms with Crippen LogP contribution in [0, 0.1) is 12.8 Å². The van der Waals surface area contributed by atoms with Gasteiger partial charge in [0.25, 0.3) is 0 Å². The molecule has 7 nitrogen and oxygen atoms in total. The van der Waals surface area contributed by atoms with E-state index < -0.39 is 10.0 Å². The first-order chi connectivity index (χ1) is 16.8. The van der Waals surface area contributed by atoms with Crippen LogP contribution >= 0.6 is 11.3 Å². The minimum atomic E-state index is -3.73. The van der Waals surface area contributed by atoms with Gasteiger partial charge in [-0.2, -0.15) is 0 Å². The largest absolute Gasteiger partial charge is 0.495 e. The molecule has 1 saturated heterocycles. The second-order valence-electron chi connectivity index (χ2n) is 10.2. The number of nitrogens with zero attached hydrogens (tertiary/aromatic N) is 2. The third-order valence-electron chi connectivity index (χ3n) is 7.36. The van der Waals surface area contributed by atoms with Gasteiger partial charge in [0.2, 0.25) is 10.0 Å². The molecule has 35 heavy (non-hydrogen) atoms. The molecule has 9 heteroatoms. The van der Waals surface area contributed by atoms with Crippen LogP contribution in [-0.4, -0.2) is 57.1 Å². The average Bonchev–Trinajstić information content (AvgIpc) is 3.23. The molecule has 2 heterocycles. The van der Waals surface area contributed by atoms with E-state index in [2.05, 4.69) is 28.8 Å². The summed E-state index contributed by atoms with van der Waals surface area (Å²) in [6, 6.07) is 5.82. The van der Waals surface area contributed by atoms with E-state index in [4.69, 9.17) is 9.72 Å². The number of hydrogen-bond acceptors (Lipinski definition) is 7. The Bertz CT molecular complexity index is 1090. The van der Waals surface area contributed by atoms with Crippen molar-refractivity contribution in [2.45, 2.75) is 82.7 Å². The molecular formula is C26H40N4O3S2. The number of nitrogens with one attached hydrogen (secondary N) is 2. The molecule has 0 radical (unpaired) electrons. The number of aromatic nitrogens is 1. The third kappa shape index (κ3) is 6.56. The number of likely N-dealkylation sites (tertiary alicyclic amines) is 1. The van der Waals surface area contributed by atoms with Crippen molar-refractivity contribution in [1.82, 2.24) is 14.6 Å². The van der Waals surface area contributed by atoms with Gasteiger partial charge in [0.15, 0.2) is 5.13 Å². The first-order valence-electron chi connectivity index (χ1n) is 12.9. The van der Waals surface area contributed by atoms with Crippen molar-refractivity contribution in [3.05, 3.63) is 23.9 Å². The summed E-state index contributed by atoms with van der Waals surface area (Å²) in [6.45, 7) is 9.10. The molecule has 0 amide bonds. The van der Waals surface area contributed by atoms with Crippen molar-refractivity contribution in [2.75, 3.05) is 32.1 Å². The number of aryl methyl sites for hydroxylation is 1. The standard InChI is InChI=1S/C26H40N4O3S2/c1-18(2)30-14-12-22(13-15-30)29-35(31,32)24-16-21(10-11-23(24)33-4)25-19(3)28-26(34-25)27-17-20-8-6-5-7-9-20/h10-11,16,18,20,22,29H,5-9,12-15,17H2,1-4H3,(H,27,28). The van der Waals surface area contributed by atoms with Gasteiger partial charge in [-0.1, -0.05) is 30.6 Å². The van der Waals surface area contributed by atoms with Crippen molar-refractivity contribution in [2.24, 2.45) is 5.92 Å². The predicted octanol–water partition coefficient (Wildman–Crippen LogP) is 5.27. The molecular weight excluding hydrogens is 480 g/mol. The molecule has 194 valence electrons. The molecule has 0 spiro atoms. The van der Waals surface area contributed by atoms with E-state index in [0.717, 1.165) is 53.7 Å². The maximum atomic E-state index is 13.4. The van der Waals surface area contributed by atoms with Gasteiger partial charge < -0.3 is 15.0 Å². The molecule has 0 atom stereocenters. The second kappa shape index (κ2) is 11.6. The van der Waals surface area contributed by atoms with E-state index in [1.54, 1.807) is 23.5 Å². The van der Waals surface area contributed by atoms with Crippen LogP contribution in [0.25, 0.3) is 10.4 Å². The highest BCUT2D eigenvalue weighted by Gasteiger charge is 2.28. The Hall–Kier alpha value is -1.68. The van der Waals surface area contributed by atoms with Crippen LogP contribution in [0.5, 0.6) is 5.75 Å². The molecule has 1 aromatic carbocycles. The van der Waals surface area contributed by atoms with E-state index in [1.165, 1.54) is 39.2 Å². The smallest absolute Gasteiger partial charge is 0.244 e. The van der Waals surface area contributed by atoms with E-state index in [9.17, 15) is 8.42 Å². The topological polar surface area (TPSA) is 83.6 Å². The lowest BCUT2D eigenvalue weighted by Gasteiger charge is -2.34. The Labute approximate surface area is 214 Å². The van der Waals surface area contributed by atoms with Crippen LogP contribution in [0.15, 0.2) is 23.1 Å². The molecule has 1 aromatic heterocycles. The Balaban J connectivity index is 1.50. The van der Waals surface area contributed by atoms with Gasteiger partial charge >= 0.3 is 0 Å². The van der Waals surface area contributed by atoms with Crippen molar-refractivity contribution in [3.8, 4) is 16.2 Å². The number of hydrogen-bond donors (Lipinski definition) is 2. The minimum Gasteiger partial charge on any atom is -0.495 e. The van der Waals surface area contributed by atoms with Crippen LogP contribution < -0.4 is 14.8 Å². The normalized spacial score (nSPS) is 18.8. The van der Waals surface area contributed by atoms with Gasteiger partial charge in [0.1, 0.15) is 10.6 Å². The highest BCUT2D eigenvalue weighted by Crippen LogP contribution is 2.37. The molecule has 2 fully saturated rings. The van der Waals surface area contributed by atoms with Gasteiger partial charge in [-0.3, -0.25) is 0 Å². The fourth-order valence-electron chi connectivity index (χ4n) is 5.21. The molecule has 2 aromatic rings. The maximum Gasteiger partial charge on any atom is 0.244 e. The van der Waals surface area contributed by atoms with E-state index >= 15 is 0 Å². The number of sulfonamides is 1. The van der Waals surface area contributed by atoms with Crippen LogP contribution in [0.1, 0.15) is 64.5 Å². The number of benzene rings is 1. The zero-order chi connectivity index (χ0) is 25.0. The summed E-state index contributed by atoms with van der Waals surface area (Å²) < 4.78 is 35.2. The quantitative estimate of drug-likeness (QED) is 0.469. The van der Waals surface area contributed by atoms with Crippen molar-refractivity contribution >= 4 is 26.5 Å². The number of ether oxygens (including phenoxy) is 1. The lowest BCUT2D eigenvalue weighted by Crippen LogP contribution is -2.46. The zero-order valence-electron chi connectivity index (χ0n) is 21.5. The summed E-state index contributed by atoms with van der Waals surface area (Å²) in [7, 11) is -2.21. The Morgan fingerprint density at radius 3 is 2.51 bits per heavy atom. The van der Waals surface area contributed by atoms with E-state index in [-0.39, 0.29) is 10.9 Å². The summed E-state index contributed by atoms with van der Waals surface area (Å²) in [5, 5.41) is 4.43. The number of thiazole rings is 1. The maximum absolute atomic E-state index is 13.4. The lowest BCUT2D eigenvalue weighted by atomic mass is 9.89. The Kier molecular flexibility index (Phi) is 8.73. The Morgan fingerprint density at radius 1 is 1.14 bits per heavy atom. The molecule has 1 saturated carbocycles. The van der Waals surface area contributed by atoms with Crippen molar-refractivity contribution in [1.29, 1.82) is 0 Å². The number of anilines is 1. The van der Waals surface area contributed by atoms with E-state index in [1.807, 2.05) is 13.0 Å². The fraction of sp³-hybridized carbons (Fsp3) is 0.654. The molecule has 2 N–H and O–H groups in total. The number of rotatable bonds is 9. The summed E-state index contributed by atoms with van der Waals surface area (Å²) >= 11 is 1.59. The lowest BCUT2D eigenvalue weighted by molar-refractivity contribution is 0.168. The van der Waals surface area contributed by atoms with Crippen LogP contribution in [0.2, 0.25) is 0 Å². The summed E-state index contributed by atoms with van der Waals surface area (Å²) in [5.41, 5.74) is 1.75. The van der Waals surface area contributed by atoms with Crippen LogP contribution in [-0.2, 0) is 10.0 Å². The Morgan fingerprint density at radius 2 is 1.86 bits per heavy atom. The third-order valence-corrected chi connectivity index (χ3v) is 10.1. The van der Waals surface area contributed by atoms with Gasteiger partial charge in [-0.25, -0.2) is 18.1 Å². The van der Waals surface area contributed by atoms with Crippen LogP contribution in [0.4, 0.5) is 5.13 Å². The molecule has 0 bridgehead atoms. The van der Waals surface area contributed by atoms with Gasteiger partial charge in [-0.05, 0) is 89.2 Å². The molecule has 2 aliphatic rings. The minimum absolute atomic E-state index is 0.0657. The van der Waals surface area contributed by atoms with Crippen molar-refractivity contribution < 1.29 is 13.2 Å². The summed E-state index contributed by atoms with van der Waals surface area (Å²) in [6.07, 6.45) is 8.18. The number of piperidine rings is 1. The van der Waals surface area contributed by atoms with Gasteiger partial charge in [-0.15, -0.1) is 0 Å².